The van der Waals surface area contributed by atoms with E-state index in [2.05, 4.69) is 4.98 Å². The van der Waals surface area contributed by atoms with Gasteiger partial charge in [0.25, 0.3) is 5.69 Å². The fraction of sp³-hybridized carbons (Fsp3) is 0.0769. The van der Waals surface area contributed by atoms with Crippen molar-refractivity contribution in [2.24, 2.45) is 0 Å². The highest BCUT2D eigenvalue weighted by Crippen LogP contribution is 2.33. The summed E-state index contributed by atoms with van der Waals surface area (Å²) in [6.45, 7) is 0. The third-order valence-electron chi connectivity index (χ3n) is 2.73. The number of nitro benzene ring substituents is 1. The van der Waals surface area contributed by atoms with Gasteiger partial charge in [-0.1, -0.05) is 11.6 Å². The monoisotopic (exact) mass is 323 g/mol. The quantitative estimate of drug-likeness (QED) is 0.524. The van der Waals surface area contributed by atoms with Gasteiger partial charge in [-0.25, -0.2) is 9.78 Å². The number of amides is 1. The lowest BCUT2D eigenvalue weighted by Crippen LogP contribution is -2.24. The predicted octanol–water partition coefficient (Wildman–Crippen LogP) is 3.55. The maximum absolute atomic E-state index is 11.0. The van der Waals surface area contributed by atoms with E-state index in [4.69, 9.17) is 21.4 Å². The van der Waals surface area contributed by atoms with Gasteiger partial charge in [-0.05, 0) is 18.2 Å². The van der Waals surface area contributed by atoms with Gasteiger partial charge in [0.1, 0.15) is 22.3 Å². The topological polar surface area (TPSA) is 106 Å². The highest BCUT2D eigenvalue weighted by molar-refractivity contribution is 6.29. The molecule has 8 nitrogen and oxygen atoms in total. The Kier molecular flexibility index (Phi) is 4.42. The first-order chi connectivity index (χ1) is 10.4. The van der Waals surface area contributed by atoms with E-state index < -0.39 is 11.0 Å². The van der Waals surface area contributed by atoms with Crippen LogP contribution in [0.5, 0.6) is 11.5 Å². The molecule has 0 aliphatic carbocycles. The maximum atomic E-state index is 11.0. The van der Waals surface area contributed by atoms with Gasteiger partial charge in [0.2, 0.25) is 0 Å². The maximum Gasteiger partial charge on any atom is 0.411 e. The van der Waals surface area contributed by atoms with Crippen molar-refractivity contribution in [3.05, 3.63) is 51.8 Å². The van der Waals surface area contributed by atoms with Crippen molar-refractivity contribution in [1.82, 2.24) is 4.98 Å². The summed E-state index contributed by atoms with van der Waals surface area (Å²) >= 11 is 5.66. The molecule has 1 heterocycles. The number of ether oxygens (including phenoxy) is 1. The third kappa shape index (κ3) is 3.41. The van der Waals surface area contributed by atoms with Gasteiger partial charge >= 0.3 is 6.09 Å². The largest absolute Gasteiger partial charge is 0.465 e. The molecule has 114 valence electrons. The van der Waals surface area contributed by atoms with Crippen LogP contribution >= 0.6 is 11.6 Å². The van der Waals surface area contributed by atoms with Crippen LogP contribution < -0.4 is 9.64 Å². The second-order valence-electron chi connectivity index (χ2n) is 4.17. The molecule has 2 rings (SSSR count). The summed E-state index contributed by atoms with van der Waals surface area (Å²) < 4.78 is 5.48. The Labute approximate surface area is 129 Å². The summed E-state index contributed by atoms with van der Waals surface area (Å²) in [7, 11) is 1.21. The number of rotatable bonds is 4. The molecule has 0 atom stereocenters. The molecule has 1 aromatic heterocycles. The van der Waals surface area contributed by atoms with Gasteiger partial charge in [0, 0.05) is 19.2 Å². The number of carbonyl (C=O) groups is 1. The highest BCUT2D eigenvalue weighted by atomic mass is 35.5. The molecule has 0 unspecified atom stereocenters. The van der Waals surface area contributed by atoms with Crippen LogP contribution in [0, 0.1) is 10.1 Å². The molecule has 0 saturated heterocycles. The fourth-order valence-electron chi connectivity index (χ4n) is 1.65. The molecule has 0 aliphatic rings. The van der Waals surface area contributed by atoms with E-state index in [1.54, 1.807) is 6.07 Å². The SMILES string of the molecule is CN(C(=O)O)c1cc(Oc2ccc(Cl)nc2)ccc1[N+](=O)[O-]. The minimum Gasteiger partial charge on any atom is -0.465 e. The van der Waals surface area contributed by atoms with E-state index in [1.807, 2.05) is 0 Å². The van der Waals surface area contributed by atoms with Gasteiger partial charge in [-0.15, -0.1) is 0 Å². The number of hydrogen-bond acceptors (Lipinski definition) is 5. The van der Waals surface area contributed by atoms with Gasteiger partial charge in [-0.3, -0.25) is 15.0 Å². The van der Waals surface area contributed by atoms with E-state index in [9.17, 15) is 14.9 Å². The Hall–Kier alpha value is -2.87. The molecule has 0 saturated carbocycles. The first-order valence-electron chi connectivity index (χ1n) is 5.93. The van der Waals surface area contributed by atoms with Gasteiger partial charge < -0.3 is 9.84 Å². The van der Waals surface area contributed by atoms with Crippen LogP contribution in [-0.2, 0) is 0 Å². The Balaban J connectivity index is 2.37. The normalized spacial score (nSPS) is 10.1. The predicted molar refractivity (Wildman–Crippen MR) is 78.8 cm³/mol. The molecule has 2 aromatic rings. The zero-order valence-corrected chi connectivity index (χ0v) is 12.0. The summed E-state index contributed by atoms with van der Waals surface area (Å²) in [5, 5.41) is 20.3. The Morgan fingerprint density at radius 3 is 2.59 bits per heavy atom. The summed E-state index contributed by atoms with van der Waals surface area (Å²) in [5.74, 6) is 0.597. The number of anilines is 1. The number of carboxylic acid groups (broad SMARTS) is 1. The molecule has 0 bridgehead atoms. The number of nitrogens with zero attached hydrogens (tertiary/aromatic N) is 3. The fourth-order valence-corrected chi connectivity index (χ4v) is 1.76. The van der Waals surface area contributed by atoms with Crippen LogP contribution in [0.2, 0.25) is 5.15 Å². The number of aromatic nitrogens is 1. The highest BCUT2D eigenvalue weighted by Gasteiger charge is 2.22. The second kappa shape index (κ2) is 6.27. The first-order valence-corrected chi connectivity index (χ1v) is 6.31. The lowest BCUT2D eigenvalue weighted by Gasteiger charge is -2.14. The average molecular weight is 324 g/mol. The van der Waals surface area contributed by atoms with Crippen LogP contribution in [0.15, 0.2) is 36.5 Å². The number of nitro groups is 1. The average Bonchev–Trinajstić information content (AvgIpc) is 2.48. The number of halogens is 1. The third-order valence-corrected chi connectivity index (χ3v) is 2.95. The minimum atomic E-state index is -1.33. The summed E-state index contributed by atoms with van der Waals surface area (Å²) in [4.78, 5) is 25.9. The molecule has 9 heteroatoms. The van der Waals surface area contributed by atoms with E-state index >= 15 is 0 Å². The van der Waals surface area contributed by atoms with E-state index in [1.165, 1.54) is 37.5 Å². The van der Waals surface area contributed by atoms with Crippen molar-refractivity contribution in [3.8, 4) is 11.5 Å². The summed E-state index contributed by atoms with van der Waals surface area (Å²) in [6, 6.07) is 6.89. The standard InChI is InChI=1S/C13H10ClN3O5/c1-16(13(18)19)11-6-8(2-4-10(11)17(20)21)22-9-3-5-12(14)15-7-9/h2-7H,1H3,(H,18,19). The Morgan fingerprint density at radius 2 is 2.05 bits per heavy atom. The number of benzene rings is 1. The molecular formula is C13H10ClN3O5. The van der Waals surface area contributed by atoms with Crippen LogP contribution in [0.3, 0.4) is 0 Å². The van der Waals surface area contributed by atoms with E-state index in [0.717, 1.165) is 4.90 Å². The molecule has 0 spiro atoms. The molecule has 1 N–H and O–H groups in total. The first kappa shape index (κ1) is 15.5. The van der Waals surface area contributed by atoms with E-state index in [-0.39, 0.29) is 17.1 Å². The number of pyridine rings is 1. The van der Waals surface area contributed by atoms with Gasteiger partial charge in [-0.2, -0.15) is 0 Å². The van der Waals surface area contributed by atoms with Crippen molar-refractivity contribution < 1.29 is 19.6 Å². The molecule has 1 aromatic carbocycles. The van der Waals surface area contributed by atoms with Crippen molar-refractivity contribution in [1.29, 1.82) is 0 Å². The summed E-state index contributed by atoms with van der Waals surface area (Å²) in [5.41, 5.74) is -0.441. The van der Waals surface area contributed by atoms with Gasteiger partial charge in [0.15, 0.2) is 0 Å². The molecular weight excluding hydrogens is 314 g/mol. The van der Waals surface area contributed by atoms with E-state index in [0.29, 0.717) is 10.9 Å². The zero-order chi connectivity index (χ0) is 16.3. The molecule has 1 amide bonds. The van der Waals surface area contributed by atoms with Crippen molar-refractivity contribution in [2.75, 3.05) is 11.9 Å². The molecule has 0 fully saturated rings. The lowest BCUT2D eigenvalue weighted by molar-refractivity contribution is -0.384. The Morgan fingerprint density at radius 1 is 1.36 bits per heavy atom. The smallest absolute Gasteiger partial charge is 0.411 e. The lowest BCUT2D eigenvalue weighted by atomic mass is 10.2. The van der Waals surface area contributed by atoms with Crippen molar-refractivity contribution >= 4 is 29.1 Å². The molecule has 22 heavy (non-hydrogen) atoms. The van der Waals surface area contributed by atoms with Crippen LogP contribution in [-0.4, -0.2) is 28.2 Å². The van der Waals surface area contributed by atoms with Crippen LogP contribution in [0.4, 0.5) is 16.2 Å². The van der Waals surface area contributed by atoms with Crippen LogP contribution in [0.1, 0.15) is 0 Å². The summed E-state index contributed by atoms with van der Waals surface area (Å²) in [6.07, 6.45) is 0.0537. The van der Waals surface area contributed by atoms with Crippen molar-refractivity contribution in [2.45, 2.75) is 0 Å². The second-order valence-corrected chi connectivity index (χ2v) is 4.56. The van der Waals surface area contributed by atoms with Crippen molar-refractivity contribution in [3.63, 3.8) is 0 Å². The minimum absolute atomic E-state index is 0.100. The Bertz CT molecular complexity index is 720. The molecule has 0 aliphatic heterocycles. The number of hydrogen-bond donors (Lipinski definition) is 1. The zero-order valence-electron chi connectivity index (χ0n) is 11.3. The molecule has 0 radical (unpaired) electrons. The van der Waals surface area contributed by atoms with Gasteiger partial charge in [0.05, 0.1) is 11.1 Å². The van der Waals surface area contributed by atoms with Crippen LogP contribution in [0.25, 0.3) is 0 Å².